The maximum Gasteiger partial charge on any atom is 0.407 e. The molecule has 2 aliphatic rings. The van der Waals surface area contributed by atoms with E-state index in [0.29, 0.717) is 13.0 Å². The number of amides is 2. The van der Waals surface area contributed by atoms with Crippen LogP contribution in [0.3, 0.4) is 0 Å². The summed E-state index contributed by atoms with van der Waals surface area (Å²) in [5.74, 6) is -1.84. The van der Waals surface area contributed by atoms with Crippen LogP contribution < -0.4 is 10.6 Å². The molecule has 2 aromatic rings. The fraction of sp³-hybridized carbons (Fsp3) is 0.444. The highest BCUT2D eigenvalue weighted by Crippen LogP contribution is 2.44. The summed E-state index contributed by atoms with van der Waals surface area (Å²) in [7, 11) is 0. The SMILES string of the molecule is CC(C)C(NC(=O)OCC1c2ccccc2-c2ccccc21)C(=O)NC[C@H]1CCC[C@H]1C(=O)O. The standard InChI is InChI=1S/C27H32N2O5/c1-16(2)24(25(30)28-14-17-8-7-13-18(17)26(31)32)29-27(33)34-15-23-21-11-5-3-9-19(21)20-10-4-6-12-22(20)23/h3-6,9-12,16-18,23-24H,7-8,13-15H2,1-2H3,(H,28,30)(H,29,33)(H,31,32)/t17-,18-,24?/m1/s1. The van der Waals surface area contributed by atoms with E-state index in [1.807, 2.05) is 38.1 Å². The third kappa shape index (κ3) is 4.93. The van der Waals surface area contributed by atoms with Crippen LogP contribution in [0.1, 0.15) is 50.2 Å². The van der Waals surface area contributed by atoms with Crippen LogP contribution in [0, 0.1) is 17.8 Å². The number of carboxylic acids is 1. The number of aliphatic carboxylic acids is 1. The number of carbonyl (C=O) groups is 3. The van der Waals surface area contributed by atoms with Crippen molar-refractivity contribution < 1.29 is 24.2 Å². The number of alkyl carbamates (subject to hydrolysis) is 1. The molecule has 4 rings (SSSR count). The molecular weight excluding hydrogens is 432 g/mol. The van der Waals surface area contributed by atoms with Crippen molar-refractivity contribution in [3.63, 3.8) is 0 Å². The average molecular weight is 465 g/mol. The summed E-state index contributed by atoms with van der Waals surface area (Å²) in [6.45, 7) is 4.17. The van der Waals surface area contributed by atoms with Crippen molar-refractivity contribution in [3.8, 4) is 11.1 Å². The van der Waals surface area contributed by atoms with Gasteiger partial charge in [-0.05, 0) is 46.9 Å². The number of fused-ring (bicyclic) bond motifs is 3. The maximum atomic E-state index is 12.8. The smallest absolute Gasteiger partial charge is 0.407 e. The molecule has 2 amide bonds. The Morgan fingerprint density at radius 3 is 2.21 bits per heavy atom. The van der Waals surface area contributed by atoms with Crippen LogP contribution in [0.15, 0.2) is 48.5 Å². The third-order valence-electron chi connectivity index (χ3n) is 7.08. The van der Waals surface area contributed by atoms with E-state index in [2.05, 4.69) is 34.9 Å². The van der Waals surface area contributed by atoms with Crippen LogP contribution in [0.4, 0.5) is 4.79 Å². The summed E-state index contributed by atoms with van der Waals surface area (Å²) in [6, 6.07) is 15.5. The van der Waals surface area contributed by atoms with Crippen LogP contribution in [-0.4, -0.2) is 42.3 Å². The van der Waals surface area contributed by atoms with Crippen molar-refractivity contribution in [2.45, 2.75) is 45.1 Å². The number of carbonyl (C=O) groups excluding carboxylic acids is 2. The van der Waals surface area contributed by atoms with E-state index < -0.39 is 24.0 Å². The first-order valence-corrected chi connectivity index (χ1v) is 12.0. The first kappa shape index (κ1) is 23.8. The minimum atomic E-state index is -0.811. The van der Waals surface area contributed by atoms with Crippen LogP contribution in [0.25, 0.3) is 11.1 Å². The molecule has 3 N–H and O–H groups in total. The number of nitrogens with one attached hydrogen (secondary N) is 2. The van der Waals surface area contributed by atoms with Crippen molar-refractivity contribution in [3.05, 3.63) is 59.7 Å². The average Bonchev–Trinajstić information content (AvgIpc) is 3.42. The van der Waals surface area contributed by atoms with E-state index >= 15 is 0 Å². The number of rotatable bonds is 8. The van der Waals surface area contributed by atoms with Gasteiger partial charge in [-0.25, -0.2) is 4.79 Å². The van der Waals surface area contributed by atoms with Gasteiger partial charge in [-0.1, -0.05) is 68.8 Å². The molecule has 2 aliphatic carbocycles. The second-order valence-corrected chi connectivity index (χ2v) is 9.57. The predicted octanol–water partition coefficient (Wildman–Crippen LogP) is 4.17. The number of hydrogen-bond acceptors (Lipinski definition) is 4. The fourth-order valence-corrected chi connectivity index (χ4v) is 5.25. The Morgan fingerprint density at radius 1 is 1.00 bits per heavy atom. The molecule has 34 heavy (non-hydrogen) atoms. The largest absolute Gasteiger partial charge is 0.481 e. The summed E-state index contributed by atoms with van der Waals surface area (Å²) in [4.78, 5) is 36.9. The molecule has 2 aromatic carbocycles. The molecule has 1 saturated carbocycles. The van der Waals surface area contributed by atoms with Gasteiger partial charge in [0.2, 0.25) is 5.91 Å². The van der Waals surface area contributed by atoms with Crippen molar-refractivity contribution in [1.29, 1.82) is 0 Å². The van der Waals surface area contributed by atoms with Crippen molar-refractivity contribution in [1.82, 2.24) is 10.6 Å². The molecule has 0 bridgehead atoms. The van der Waals surface area contributed by atoms with E-state index in [0.717, 1.165) is 35.1 Å². The Morgan fingerprint density at radius 2 is 1.62 bits per heavy atom. The maximum absolute atomic E-state index is 12.8. The molecule has 0 heterocycles. The molecule has 1 unspecified atom stereocenters. The van der Waals surface area contributed by atoms with Gasteiger partial charge in [-0.15, -0.1) is 0 Å². The Kier molecular flexibility index (Phi) is 7.20. The number of benzene rings is 2. The van der Waals surface area contributed by atoms with E-state index in [1.165, 1.54) is 0 Å². The highest BCUT2D eigenvalue weighted by atomic mass is 16.5. The molecule has 0 saturated heterocycles. The summed E-state index contributed by atoms with van der Waals surface area (Å²) >= 11 is 0. The van der Waals surface area contributed by atoms with Crippen LogP contribution >= 0.6 is 0 Å². The van der Waals surface area contributed by atoms with E-state index in [9.17, 15) is 19.5 Å². The minimum Gasteiger partial charge on any atom is -0.481 e. The molecule has 0 aliphatic heterocycles. The zero-order valence-corrected chi connectivity index (χ0v) is 19.6. The van der Waals surface area contributed by atoms with Crippen molar-refractivity contribution >= 4 is 18.0 Å². The quantitative estimate of drug-likeness (QED) is 0.544. The molecule has 7 nitrogen and oxygen atoms in total. The van der Waals surface area contributed by atoms with Gasteiger partial charge in [0.15, 0.2) is 0 Å². The summed E-state index contributed by atoms with van der Waals surface area (Å²) in [6.07, 6.45) is 1.63. The molecule has 0 spiro atoms. The Bertz CT molecular complexity index is 1020. The first-order valence-electron chi connectivity index (χ1n) is 12.0. The number of ether oxygens (including phenoxy) is 1. The third-order valence-corrected chi connectivity index (χ3v) is 7.08. The lowest BCUT2D eigenvalue weighted by molar-refractivity contribution is -0.143. The van der Waals surface area contributed by atoms with Gasteiger partial charge in [0.25, 0.3) is 0 Å². The Balaban J connectivity index is 1.35. The molecule has 3 atom stereocenters. The first-order chi connectivity index (χ1) is 16.4. The van der Waals surface area contributed by atoms with E-state index in [4.69, 9.17) is 4.74 Å². The second-order valence-electron chi connectivity index (χ2n) is 9.57. The molecule has 7 heteroatoms. The highest BCUT2D eigenvalue weighted by Gasteiger charge is 2.34. The van der Waals surface area contributed by atoms with Gasteiger partial charge in [-0.2, -0.15) is 0 Å². The van der Waals surface area contributed by atoms with Crippen LogP contribution in [0.2, 0.25) is 0 Å². The Hall–Kier alpha value is -3.35. The van der Waals surface area contributed by atoms with Gasteiger partial charge in [-0.3, -0.25) is 9.59 Å². The zero-order chi connectivity index (χ0) is 24.2. The van der Waals surface area contributed by atoms with Gasteiger partial charge in [0.1, 0.15) is 12.6 Å². The molecule has 1 fully saturated rings. The van der Waals surface area contributed by atoms with Gasteiger partial charge < -0.3 is 20.5 Å². The summed E-state index contributed by atoms with van der Waals surface area (Å²) < 4.78 is 5.59. The topological polar surface area (TPSA) is 105 Å². The normalized spacial score (nSPS) is 19.9. The lowest BCUT2D eigenvalue weighted by Gasteiger charge is -2.24. The predicted molar refractivity (Wildman–Crippen MR) is 128 cm³/mol. The molecule has 0 aromatic heterocycles. The Labute approximate surface area is 199 Å². The van der Waals surface area contributed by atoms with Gasteiger partial charge in [0, 0.05) is 12.5 Å². The highest BCUT2D eigenvalue weighted by molar-refractivity contribution is 5.86. The monoisotopic (exact) mass is 464 g/mol. The zero-order valence-electron chi connectivity index (χ0n) is 19.6. The molecular formula is C27H32N2O5. The molecule has 0 radical (unpaired) electrons. The second kappa shape index (κ2) is 10.3. The van der Waals surface area contributed by atoms with Crippen molar-refractivity contribution in [2.24, 2.45) is 17.8 Å². The fourth-order valence-electron chi connectivity index (χ4n) is 5.25. The van der Waals surface area contributed by atoms with Crippen LogP contribution in [-0.2, 0) is 14.3 Å². The minimum absolute atomic E-state index is 0.0557. The summed E-state index contributed by atoms with van der Waals surface area (Å²) in [5.41, 5.74) is 4.55. The van der Waals surface area contributed by atoms with Crippen molar-refractivity contribution in [2.75, 3.05) is 13.2 Å². The number of carboxylic acid groups (broad SMARTS) is 1. The number of hydrogen-bond donors (Lipinski definition) is 3. The van der Waals surface area contributed by atoms with Gasteiger partial charge in [0.05, 0.1) is 5.92 Å². The van der Waals surface area contributed by atoms with E-state index in [-0.39, 0.29) is 30.3 Å². The van der Waals surface area contributed by atoms with Gasteiger partial charge >= 0.3 is 12.1 Å². The van der Waals surface area contributed by atoms with Crippen LogP contribution in [0.5, 0.6) is 0 Å². The lowest BCUT2D eigenvalue weighted by Crippen LogP contribution is -2.51. The summed E-state index contributed by atoms with van der Waals surface area (Å²) in [5, 5.41) is 14.9. The van der Waals surface area contributed by atoms with E-state index in [1.54, 1.807) is 0 Å². The molecule has 180 valence electrons. The lowest BCUT2D eigenvalue weighted by atomic mass is 9.96.